The van der Waals surface area contributed by atoms with Gasteiger partial charge in [-0.25, -0.2) is 14.8 Å². The Bertz CT molecular complexity index is 1020. The molecule has 0 aliphatic carbocycles. The summed E-state index contributed by atoms with van der Waals surface area (Å²) in [5, 5.41) is 3.00. The number of imide groups is 1. The molecule has 3 aromatic rings. The lowest BCUT2D eigenvalue weighted by atomic mass is 10.2. The minimum atomic E-state index is -0.412. The molecule has 6 nitrogen and oxygen atoms in total. The number of thiophene rings is 1. The van der Waals surface area contributed by atoms with Crippen LogP contribution in [0.5, 0.6) is 0 Å². The molecule has 1 aromatic carbocycles. The number of rotatable bonds is 4. The average molecular weight is 463 g/mol. The van der Waals surface area contributed by atoms with Crippen molar-refractivity contribution in [1.82, 2.24) is 20.2 Å². The van der Waals surface area contributed by atoms with Gasteiger partial charge in [-0.15, -0.1) is 11.3 Å². The van der Waals surface area contributed by atoms with E-state index in [1.807, 2.05) is 30.3 Å². The molecule has 2 aromatic heterocycles. The molecule has 1 aliphatic heterocycles. The first-order chi connectivity index (χ1) is 13.0. The molecule has 1 aliphatic rings. The third-order valence-corrected chi connectivity index (χ3v) is 7.09. The first-order valence-corrected chi connectivity index (χ1v) is 10.8. The van der Waals surface area contributed by atoms with E-state index in [1.54, 1.807) is 18.3 Å². The van der Waals surface area contributed by atoms with Crippen LogP contribution in [-0.4, -0.2) is 45.1 Å². The number of nitrogens with zero attached hydrogens (tertiary/aromatic N) is 3. The summed E-state index contributed by atoms with van der Waals surface area (Å²) in [5.41, 5.74) is 1.96. The van der Waals surface area contributed by atoms with Gasteiger partial charge < -0.3 is 5.32 Å². The summed E-state index contributed by atoms with van der Waals surface area (Å²) < 4.78 is 1.98. The molecule has 1 atom stereocenters. The topological polar surface area (TPSA) is 75.2 Å². The minimum absolute atomic E-state index is 0.202. The summed E-state index contributed by atoms with van der Waals surface area (Å²) in [4.78, 5) is 35.4. The lowest BCUT2D eigenvalue weighted by Crippen LogP contribution is -2.38. The molecule has 0 saturated carbocycles. The van der Waals surface area contributed by atoms with Crippen LogP contribution in [0.3, 0.4) is 0 Å². The van der Waals surface area contributed by atoms with Gasteiger partial charge in [0.2, 0.25) is 5.91 Å². The normalized spacial score (nSPS) is 15.2. The zero-order chi connectivity index (χ0) is 19.0. The highest BCUT2D eigenvalue weighted by atomic mass is 79.9. The van der Waals surface area contributed by atoms with Gasteiger partial charge in [0.1, 0.15) is 11.4 Å². The van der Waals surface area contributed by atoms with Crippen molar-refractivity contribution in [1.29, 1.82) is 0 Å². The molecule has 3 amide bonds. The molecule has 0 radical (unpaired) electrons. The number of carbonyl (C=O) groups is 2. The van der Waals surface area contributed by atoms with Crippen LogP contribution in [0.2, 0.25) is 0 Å². The van der Waals surface area contributed by atoms with Gasteiger partial charge in [0, 0.05) is 22.4 Å². The summed E-state index contributed by atoms with van der Waals surface area (Å²) >= 11 is 6.42. The van der Waals surface area contributed by atoms with Crippen LogP contribution in [0.1, 0.15) is 6.92 Å². The summed E-state index contributed by atoms with van der Waals surface area (Å²) in [6.45, 7) is 2.71. The van der Waals surface area contributed by atoms with Crippen LogP contribution in [0.15, 0.2) is 46.2 Å². The van der Waals surface area contributed by atoms with Crippen LogP contribution in [0, 0.1) is 0 Å². The number of amides is 3. The lowest BCUT2D eigenvalue weighted by molar-refractivity contribution is -0.126. The number of aromatic nitrogens is 2. The van der Waals surface area contributed by atoms with E-state index in [0.29, 0.717) is 13.1 Å². The van der Waals surface area contributed by atoms with E-state index in [4.69, 9.17) is 0 Å². The highest BCUT2D eigenvalue weighted by Gasteiger charge is 2.30. The van der Waals surface area contributed by atoms with Gasteiger partial charge in [0.25, 0.3) is 0 Å². The number of nitrogens with one attached hydrogen (secondary N) is 1. The van der Waals surface area contributed by atoms with E-state index in [-0.39, 0.29) is 11.9 Å². The minimum Gasteiger partial charge on any atom is -0.336 e. The zero-order valence-corrected chi connectivity index (χ0v) is 17.5. The maximum absolute atomic E-state index is 12.6. The van der Waals surface area contributed by atoms with E-state index in [0.717, 1.165) is 30.2 Å². The molecule has 1 N–H and O–H groups in total. The van der Waals surface area contributed by atoms with Gasteiger partial charge in [-0.1, -0.05) is 39.8 Å². The van der Waals surface area contributed by atoms with Gasteiger partial charge in [-0.2, -0.15) is 0 Å². The first kappa shape index (κ1) is 18.4. The average Bonchev–Trinajstić information content (AvgIpc) is 3.28. The van der Waals surface area contributed by atoms with Crippen molar-refractivity contribution < 1.29 is 9.59 Å². The second-order valence-corrected chi connectivity index (χ2v) is 9.29. The molecular weight excluding hydrogens is 448 g/mol. The van der Waals surface area contributed by atoms with Crippen molar-refractivity contribution in [2.45, 2.75) is 17.2 Å². The molecule has 1 fully saturated rings. The molecule has 9 heteroatoms. The predicted molar refractivity (Wildman–Crippen MR) is 111 cm³/mol. The molecule has 0 spiro atoms. The van der Waals surface area contributed by atoms with Gasteiger partial charge >= 0.3 is 6.03 Å². The van der Waals surface area contributed by atoms with Crippen molar-refractivity contribution in [3.05, 3.63) is 41.1 Å². The highest BCUT2D eigenvalue weighted by Crippen LogP contribution is 2.38. The molecule has 4 rings (SSSR count). The fourth-order valence-electron chi connectivity index (χ4n) is 2.79. The number of hydrogen-bond donors (Lipinski definition) is 1. The molecule has 27 heavy (non-hydrogen) atoms. The van der Waals surface area contributed by atoms with Crippen LogP contribution in [0.25, 0.3) is 20.7 Å². The highest BCUT2D eigenvalue weighted by molar-refractivity contribution is 9.10. The number of fused-ring (bicyclic) bond motifs is 1. The Morgan fingerprint density at radius 3 is 2.81 bits per heavy atom. The number of hydrogen-bond acceptors (Lipinski definition) is 6. The third-order valence-electron chi connectivity index (χ3n) is 4.17. The standard InChI is InChI=1S/C18H15BrN4O2S2/c1-10(17(24)23-7-6-20-18(23)25)26-16-15-13(21-9-22-16)8-14(27-15)11-2-4-12(19)5-3-11/h2-5,8-10H,6-7H2,1H3,(H,20,25)/t10-/m1/s1. The summed E-state index contributed by atoms with van der Waals surface area (Å²) in [6.07, 6.45) is 1.52. The van der Waals surface area contributed by atoms with E-state index >= 15 is 0 Å². The van der Waals surface area contributed by atoms with Gasteiger partial charge in [-0.05, 0) is 30.7 Å². The first-order valence-electron chi connectivity index (χ1n) is 8.29. The largest absolute Gasteiger partial charge is 0.336 e. The second-order valence-electron chi connectivity index (χ2n) is 5.99. The fraction of sp³-hybridized carbons (Fsp3) is 0.222. The number of carbonyl (C=O) groups excluding carboxylic acids is 2. The molecule has 0 bridgehead atoms. The third kappa shape index (κ3) is 3.71. The lowest BCUT2D eigenvalue weighted by Gasteiger charge is -2.17. The van der Waals surface area contributed by atoms with E-state index in [9.17, 15) is 9.59 Å². The van der Waals surface area contributed by atoms with Crippen LogP contribution < -0.4 is 5.32 Å². The summed E-state index contributed by atoms with van der Waals surface area (Å²) in [6, 6.07) is 9.82. The smallest absolute Gasteiger partial charge is 0.324 e. The molecule has 138 valence electrons. The Labute approximate surface area is 172 Å². The Hall–Kier alpha value is -1.97. The zero-order valence-electron chi connectivity index (χ0n) is 14.3. The molecule has 1 saturated heterocycles. The van der Waals surface area contributed by atoms with Gasteiger partial charge in [0.05, 0.1) is 15.5 Å². The SMILES string of the molecule is C[C@@H](Sc1ncnc2cc(-c3ccc(Br)cc3)sc12)C(=O)N1CCNC1=O. The maximum Gasteiger partial charge on any atom is 0.324 e. The van der Waals surface area contributed by atoms with Crippen LogP contribution in [0.4, 0.5) is 4.79 Å². The Morgan fingerprint density at radius 2 is 2.11 bits per heavy atom. The van der Waals surface area contributed by atoms with Gasteiger partial charge in [-0.3, -0.25) is 9.69 Å². The van der Waals surface area contributed by atoms with Crippen molar-refractivity contribution >= 4 is 61.2 Å². The number of thioether (sulfide) groups is 1. The van der Waals surface area contributed by atoms with Gasteiger partial charge in [0.15, 0.2) is 0 Å². The fourth-order valence-corrected chi connectivity index (χ4v) is 5.21. The summed E-state index contributed by atoms with van der Waals surface area (Å²) in [7, 11) is 0. The Kier molecular flexibility index (Phi) is 5.16. The van der Waals surface area contributed by atoms with E-state index in [1.165, 1.54) is 23.0 Å². The maximum atomic E-state index is 12.6. The van der Waals surface area contributed by atoms with Crippen molar-refractivity contribution in [3.8, 4) is 10.4 Å². The van der Waals surface area contributed by atoms with E-state index in [2.05, 4.69) is 31.2 Å². The number of benzene rings is 1. The Morgan fingerprint density at radius 1 is 1.33 bits per heavy atom. The molecule has 3 heterocycles. The van der Waals surface area contributed by atoms with Crippen molar-refractivity contribution in [2.24, 2.45) is 0 Å². The molecular formula is C18H15BrN4O2S2. The Balaban J connectivity index is 1.61. The predicted octanol–water partition coefficient (Wildman–Crippen LogP) is 4.15. The molecule has 0 unspecified atom stereocenters. The quantitative estimate of drug-likeness (QED) is 0.465. The second kappa shape index (κ2) is 7.57. The van der Waals surface area contributed by atoms with Crippen molar-refractivity contribution in [2.75, 3.05) is 13.1 Å². The monoisotopic (exact) mass is 462 g/mol. The van der Waals surface area contributed by atoms with E-state index < -0.39 is 5.25 Å². The number of urea groups is 1. The van der Waals surface area contributed by atoms with Crippen molar-refractivity contribution in [3.63, 3.8) is 0 Å². The number of halogens is 1. The van der Waals surface area contributed by atoms with Crippen LogP contribution in [-0.2, 0) is 4.79 Å². The summed E-state index contributed by atoms with van der Waals surface area (Å²) in [5.74, 6) is -0.202. The van der Waals surface area contributed by atoms with Crippen LogP contribution >= 0.6 is 39.0 Å².